The maximum absolute atomic E-state index is 12.6. The van der Waals surface area contributed by atoms with Crippen LogP contribution in [0.1, 0.15) is 43.5 Å². The molecule has 0 spiro atoms. The topological polar surface area (TPSA) is 73.8 Å². The molecule has 5 nitrogen and oxygen atoms in total. The number of fused-ring (bicyclic) bond motifs is 1. The summed E-state index contributed by atoms with van der Waals surface area (Å²) in [6, 6.07) is 5.13. The van der Waals surface area contributed by atoms with E-state index in [1.54, 1.807) is 18.2 Å². The molecular formula is C22H26Cl2N4OS. The maximum atomic E-state index is 12.6. The molecule has 2 heterocycles. The van der Waals surface area contributed by atoms with Gasteiger partial charge in [0.05, 0.1) is 26.2 Å². The second-order valence-electron chi connectivity index (χ2n) is 8.04. The van der Waals surface area contributed by atoms with Crippen molar-refractivity contribution in [2.24, 2.45) is 5.92 Å². The second-order valence-corrected chi connectivity index (χ2v) is 10.4. The van der Waals surface area contributed by atoms with Crippen molar-refractivity contribution in [3.63, 3.8) is 0 Å². The Morgan fingerprint density at radius 3 is 2.77 bits per heavy atom. The van der Waals surface area contributed by atoms with Crippen LogP contribution in [0.15, 0.2) is 29.3 Å². The lowest BCUT2D eigenvalue weighted by Crippen LogP contribution is -2.07. The minimum Gasteiger partial charge on any atom is -0.382 e. The summed E-state index contributed by atoms with van der Waals surface area (Å²) in [6.45, 7) is 2.95. The second kappa shape index (κ2) is 9.25. The standard InChI is InChI=1S/C22H26Cl2N4OS/c1-14-13-26-22(25)20-21(14)28(19(27-20)11-15-5-6-15)9-3-2-4-10-30(29)18-8-7-16(23)12-17(18)24/h7-8,12-13,15H,2-6,9-11H2,1H3,(H2,25,26). The molecular weight excluding hydrogens is 439 g/mol. The van der Waals surface area contributed by atoms with E-state index < -0.39 is 10.8 Å². The van der Waals surface area contributed by atoms with Gasteiger partial charge in [0, 0.05) is 29.9 Å². The van der Waals surface area contributed by atoms with Crippen LogP contribution in [0.4, 0.5) is 5.82 Å². The lowest BCUT2D eigenvalue weighted by Gasteiger charge is -2.11. The lowest BCUT2D eigenvalue weighted by molar-refractivity contribution is 0.580. The van der Waals surface area contributed by atoms with Gasteiger partial charge in [-0.05, 0) is 62.3 Å². The fourth-order valence-corrected chi connectivity index (χ4v) is 5.64. The summed E-state index contributed by atoms with van der Waals surface area (Å²) in [5.41, 5.74) is 9.13. The van der Waals surface area contributed by atoms with Gasteiger partial charge in [-0.25, -0.2) is 9.97 Å². The zero-order valence-electron chi connectivity index (χ0n) is 17.0. The summed E-state index contributed by atoms with van der Waals surface area (Å²) in [5.74, 6) is 2.96. The van der Waals surface area contributed by atoms with Crippen molar-refractivity contribution < 1.29 is 4.21 Å². The van der Waals surface area contributed by atoms with Crippen molar-refractivity contribution in [2.45, 2.75) is 56.9 Å². The summed E-state index contributed by atoms with van der Waals surface area (Å²) in [6.07, 6.45) is 8.26. The average Bonchev–Trinajstić information content (AvgIpc) is 3.44. The first kappa shape index (κ1) is 21.6. The summed E-state index contributed by atoms with van der Waals surface area (Å²) in [7, 11) is -1.11. The largest absolute Gasteiger partial charge is 0.382 e. The molecule has 0 radical (unpaired) electrons. The first-order chi connectivity index (χ1) is 14.4. The Labute approximate surface area is 189 Å². The van der Waals surface area contributed by atoms with Gasteiger partial charge in [0.15, 0.2) is 5.82 Å². The van der Waals surface area contributed by atoms with E-state index in [9.17, 15) is 4.21 Å². The molecule has 1 unspecified atom stereocenters. The summed E-state index contributed by atoms with van der Waals surface area (Å²) in [4.78, 5) is 9.77. The van der Waals surface area contributed by atoms with Gasteiger partial charge in [-0.3, -0.25) is 4.21 Å². The van der Waals surface area contributed by atoms with E-state index in [1.165, 1.54) is 12.8 Å². The highest BCUT2D eigenvalue weighted by Gasteiger charge is 2.25. The SMILES string of the molecule is Cc1cnc(N)c2nc(CC3CC3)n(CCCCCS(=O)c3ccc(Cl)cc3Cl)c12. The van der Waals surface area contributed by atoms with Crippen LogP contribution in [0.3, 0.4) is 0 Å². The minimum atomic E-state index is -1.11. The Morgan fingerprint density at radius 2 is 2.03 bits per heavy atom. The zero-order chi connectivity index (χ0) is 21.3. The Bertz CT molecular complexity index is 1090. The molecule has 1 fully saturated rings. The van der Waals surface area contributed by atoms with Crippen molar-refractivity contribution in [3.05, 3.63) is 45.8 Å². The van der Waals surface area contributed by atoms with E-state index in [-0.39, 0.29) is 0 Å². The number of nitrogens with zero attached hydrogens (tertiary/aromatic N) is 3. The van der Waals surface area contributed by atoms with Crippen LogP contribution in [0, 0.1) is 12.8 Å². The van der Waals surface area contributed by atoms with Gasteiger partial charge in [0.2, 0.25) is 0 Å². The van der Waals surface area contributed by atoms with Gasteiger partial charge in [0.1, 0.15) is 11.3 Å². The fraction of sp³-hybridized carbons (Fsp3) is 0.455. The van der Waals surface area contributed by atoms with E-state index in [0.717, 1.165) is 60.6 Å². The van der Waals surface area contributed by atoms with Crippen LogP contribution in [-0.2, 0) is 23.8 Å². The third-order valence-electron chi connectivity index (χ3n) is 5.58. The van der Waals surface area contributed by atoms with Crippen LogP contribution in [-0.4, -0.2) is 24.5 Å². The average molecular weight is 465 g/mol. The first-order valence-corrected chi connectivity index (χ1v) is 12.4. The first-order valence-electron chi connectivity index (χ1n) is 10.4. The van der Waals surface area contributed by atoms with Crippen molar-refractivity contribution in [1.82, 2.24) is 14.5 Å². The monoisotopic (exact) mass is 464 g/mol. The molecule has 8 heteroatoms. The molecule has 0 aliphatic heterocycles. The van der Waals surface area contributed by atoms with Gasteiger partial charge >= 0.3 is 0 Å². The minimum absolute atomic E-state index is 0.470. The molecule has 1 aliphatic rings. The number of imidazole rings is 1. The van der Waals surface area contributed by atoms with Gasteiger partial charge in [0.25, 0.3) is 0 Å². The third-order valence-corrected chi connectivity index (χ3v) is 7.74. The molecule has 4 rings (SSSR count). The van der Waals surface area contributed by atoms with Crippen LogP contribution in [0.2, 0.25) is 10.0 Å². The van der Waals surface area contributed by atoms with Gasteiger partial charge in [-0.1, -0.05) is 29.6 Å². The number of hydrogen-bond acceptors (Lipinski definition) is 4. The molecule has 3 aromatic rings. The number of rotatable bonds is 9. The molecule has 1 saturated carbocycles. The molecule has 2 N–H and O–H groups in total. The summed E-state index contributed by atoms with van der Waals surface area (Å²) >= 11 is 12.1. The highest BCUT2D eigenvalue weighted by molar-refractivity contribution is 7.85. The Hall–Kier alpha value is -1.63. The van der Waals surface area contributed by atoms with E-state index in [1.807, 2.05) is 6.20 Å². The third kappa shape index (κ3) is 4.82. The number of unbranched alkanes of at least 4 members (excludes halogenated alkanes) is 2. The molecule has 1 aromatic carbocycles. The lowest BCUT2D eigenvalue weighted by atomic mass is 10.2. The number of nitrogens with two attached hydrogens (primary N) is 1. The van der Waals surface area contributed by atoms with Gasteiger partial charge < -0.3 is 10.3 Å². The predicted octanol–water partition coefficient (Wildman–Crippen LogP) is 5.56. The van der Waals surface area contributed by atoms with Crippen molar-refractivity contribution in [2.75, 3.05) is 11.5 Å². The molecule has 1 atom stereocenters. The molecule has 0 saturated heterocycles. The highest BCUT2D eigenvalue weighted by atomic mass is 35.5. The summed E-state index contributed by atoms with van der Waals surface area (Å²) < 4.78 is 14.9. The molecule has 1 aliphatic carbocycles. The maximum Gasteiger partial charge on any atom is 0.151 e. The molecule has 0 bridgehead atoms. The quantitative estimate of drug-likeness (QED) is 0.420. The number of benzene rings is 1. The molecule has 2 aromatic heterocycles. The molecule has 30 heavy (non-hydrogen) atoms. The fourth-order valence-electron chi connectivity index (χ4n) is 3.79. The van der Waals surface area contributed by atoms with E-state index in [4.69, 9.17) is 33.9 Å². The van der Waals surface area contributed by atoms with Crippen molar-refractivity contribution in [1.29, 1.82) is 0 Å². The number of hydrogen-bond donors (Lipinski definition) is 1. The number of halogens is 2. The van der Waals surface area contributed by atoms with Gasteiger partial charge in [-0.2, -0.15) is 0 Å². The molecule has 0 amide bonds. The van der Waals surface area contributed by atoms with Crippen LogP contribution >= 0.6 is 23.2 Å². The Kier molecular flexibility index (Phi) is 6.66. The highest BCUT2D eigenvalue weighted by Crippen LogP contribution is 2.34. The van der Waals surface area contributed by atoms with Crippen molar-refractivity contribution in [3.8, 4) is 0 Å². The Balaban J connectivity index is 1.39. The number of aromatic nitrogens is 3. The predicted molar refractivity (Wildman–Crippen MR) is 125 cm³/mol. The van der Waals surface area contributed by atoms with Gasteiger partial charge in [-0.15, -0.1) is 0 Å². The zero-order valence-corrected chi connectivity index (χ0v) is 19.4. The Morgan fingerprint density at radius 1 is 1.23 bits per heavy atom. The van der Waals surface area contributed by atoms with Crippen LogP contribution < -0.4 is 5.73 Å². The molecule has 160 valence electrons. The van der Waals surface area contributed by atoms with E-state index >= 15 is 0 Å². The summed E-state index contributed by atoms with van der Waals surface area (Å²) in [5, 5.41) is 1.03. The van der Waals surface area contributed by atoms with Crippen molar-refractivity contribution >= 4 is 50.9 Å². The number of pyridine rings is 1. The number of aryl methyl sites for hydroxylation is 2. The van der Waals surface area contributed by atoms with E-state index in [0.29, 0.717) is 26.5 Å². The normalized spacial score (nSPS) is 15.0. The van der Waals surface area contributed by atoms with Crippen LogP contribution in [0.5, 0.6) is 0 Å². The number of anilines is 1. The van der Waals surface area contributed by atoms with E-state index in [2.05, 4.69) is 16.5 Å². The number of nitrogen functional groups attached to an aromatic ring is 1. The smallest absolute Gasteiger partial charge is 0.151 e. The van der Waals surface area contributed by atoms with Crippen LogP contribution in [0.25, 0.3) is 11.0 Å².